The van der Waals surface area contributed by atoms with Crippen LogP contribution < -0.4 is 21.0 Å². The normalized spacial score (nSPS) is 17.0. The van der Waals surface area contributed by atoms with Gasteiger partial charge < -0.3 is 16.0 Å². The van der Waals surface area contributed by atoms with E-state index >= 15 is 0 Å². The summed E-state index contributed by atoms with van der Waals surface area (Å²) >= 11 is 0. The highest BCUT2D eigenvalue weighted by atomic mass is 16.2. The number of carbonyl (C=O) groups excluding carboxylic acids is 2. The van der Waals surface area contributed by atoms with Gasteiger partial charge in [-0.25, -0.2) is 0 Å². The molecule has 0 aliphatic carbocycles. The minimum Gasteiger partial charge on any atom is -0.350 e. The number of benzene rings is 3. The van der Waals surface area contributed by atoms with Crippen molar-refractivity contribution in [1.29, 1.82) is 0 Å². The Bertz CT molecular complexity index is 1090. The first kappa shape index (κ1) is 23.7. The van der Waals surface area contributed by atoms with E-state index in [1.54, 1.807) is 0 Å². The molecule has 3 aromatic carbocycles. The summed E-state index contributed by atoms with van der Waals surface area (Å²) in [4.78, 5) is 25.9. The lowest BCUT2D eigenvalue weighted by molar-refractivity contribution is -0.127. The van der Waals surface area contributed by atoms with Gasteiger partial charge in [-0.15, -0.1) is 0 Å². The fourth-order valence-corrected chi connectivity index (χ4v) is 3.51. The van der Waals surface area contributed by atoms with Gasteiger partial charge in [0, 0.05) is 19.0 Å². The van der Waals surface area contributed by atoms with Gasteiger partial charge >= 0.3 is 0 Å². The first-order valence-electron chi connectivity index (χ1n) is 10.7. The van der Waals surface area contributed by atoms with Gasteiger partial charge in [-0.2, -0.15) is 10.1 Å². The zero-order chi connectivity index (χ0) is 23.7. The molecule has 3 aromatic rings. The van der Waals surface area contributed by atoms with E-state index in [4.69, 9.17) is 0 Å². The van der Waals surface area contributed by atoms with E-state index in [0.29, 0.717) is 23.5 Å². The molecule has 3 N–H and O–H groups in total. The quantitative estimate of drug-likeness (QED) is 0.510. The molecule has 7 nitrogen and oxygen atoms in total. The van der Waals surface area contributed by atoms with Crippen LogP contribution in [0.25, 0.3) is 0 Å². The van der Waals surface area contributed by atoms with E-state index in [0.717, 1.165) is 5.56 Å². The van der Waals surface area contributed by atoms with E-state index < -0.39 is 5.66 Å². The SMILES string of the molecule is CC(=O)NC1(Nc2ccccc2)C(=O)N(c2ccccc2)N=C1Cc1ccccc1.CNC. The molecule has 0 fully saturated rings. The highest BCUT2D eigenvalue weighted by molar-refractivity contribution is 6.26. The number of rotatable bonds is 6. The van der Waals surface area contributed by atoms with Gasteiger partial charge in [0.15, 0.2) is 0 Å². The Morgan fingerprint density at radius 3 is 1.94 bits per heavy atom. The van der Waals surface area contributed by atoms with Crippen LogP contribution in [-0.2, 0) is 16.0 Å². The molecular formula is C26H29N5O2. The van der Waals surface area contributed by atoms with Crippen LogP contribution >= 0.6 is 0 Å². The molecule has 1 unspecified atom stereocenters. The van der Waals surface area contributed by atoms with Crippen LogP contribution in [0.15, 0.2) is 96.1 Å². The Hall–Kier alpha value is -3.97. The molecule has 4 rings (SSSR count). The molecule has 0 aromatic heterocycles. The van der Waals surface area contributed by atoms with Crippen molar-refractivity contribution >= 4 is 28.9 Å². The third-order valence-electron chi connectivity index (χ3n) is 4.85. The molecule has 0 saturated carbocycles. The van der Waals surface area contributed by atoms with Gasteiger partial charge in [-0.3, -0.25) is 9.59 Å². The van der Waals surface area contributed by atoms with Gasteiger partial charge in [0.05, 0.1) is 11.4 Å². The van der Waals surface area contributed by atoms with Crippen molar-refractivity contribution in [3.63, 3.8) is 0 Å². The molecule has 1 heterocycles. The Morgan fingerprint density at radius 1 is 0.879 bits per heavy atom. The van der Waals surface area contributed by atoms with Crippen molar-refractivity contribution in [2.45, 2.75) is 19.0 Å². The highest BCUT2D eigenvalue weighted by Gasteiger charge is 2.52. The monoisotopic (exact) mass is 443 g/mol. The summed E-state index contributed by atoms with van der Waals surface area (Å²) in [7, 11) is 3.75. The van der Waals surface area contributed by atoms with E-state index in [9.17, 15) is 9.59 Å². The molecular weight excluding hydrogens is 414 g/mol. The molecule has 33 heavy (non-hydrogen) atoms. The van der Waals surface area contributed by atoms with Gasteiger partial charge in [-0.05, 0) is 43.9 Å². The number of nitrogens with zero attached hydrogens (tertiary/aromatic N) is 2. The molecule has 1 aliphatic rings. The van der Waals surface area contributed by atoms with Crippen molar-refractivity contribution in [2.24, 2.45) is 5.10 Å². The maximum Gasteiger partial charge on any atom is 0.300 e. The van der Waals surface area contributed by atoms with Gasteiger partial charge in [-0.1, -0.05) is 66.7 Å². The summed E-state index contributed by atoms with van der Waals surface area (Å²) in [6, 6.07) is 28.3. The number of hydrazone groups is 1. The minimum atomic E-state index is -1.49. The molecule has 1 atom stereocenters. The van der Waals surface area contributed by atoms with Gasteiger partial charge in [0.1, 0.15) is 0 Å². The number of hydrogen-bond donors (Lipinski definition) is 3. The van der Waals surface area contributed by atoms with Crippen LogP contribution in [0.2, 0.25) is 0 Å². The van der Waals surface area contributed by atoms with Crippen molar-refractivity contribution in [2.75, 3.05) is 24.4 Å². The lowest BCUT2D eigenvalue weighted by Gasteiger charge is -2.32. The Kier molecular flexibility index (Phi) is 7.94. The predicted molar refractivity (Wildman–Crippen MR) is 133 cm³/mol. The number of carbonyl (C=O) groups is 2. The van der Waals surface area contributed by atoms with Gasteiger partial charge in [0.2, 0.25) is 11.6 Å². The first-order chi connectivity index (χ1) is 16.0. The summed E-state index contributed by atoms with van der Waals surface area (Å²) in [6.07, 6.45) is 0.399. The van der Waals surface area contributed by atoms with Crippen molar-refractivity contribution in [3.05, 3.63) is 96.6 Å². The summed E-state index contributed by atoms with van der Waals surface area (Å²) in [5.74, 6) is -0.693. The number of amides is 2. The van der Waals surface area contributed by atoms with Crippen LogP contribution in [0.3, 0.4) is 0 Å². The lowest BCUT2D eigenvalue weighted by Crippen LogP contribution is -2.65. The Morgan fingerprint density at radius 2 is 1.39 bits per heavy atom. The molecule has 2 amide bonds. The van der Waals surface area contributed by atoms with E-state index in [1.807, 2.05) is 105 Å². The van der Waals surface area contributed by atoms with Crippen LogP contribution in [0.1, 0.15) is 12.5 Å². The fraction of sp³-hybridized carbons (Fsp3) is 0.192. The van der Waals surface area contributed by atoms with Crippen molar-refractivity contribution < 1.29 is 9.59 Å². The second kappa shape index (κ2) is 11.1. The predicted octanol–water partition coefficient (Wildman–Crippen LogP) is 3.41. The maximum absolute atomic E-state index is 13.7. The molecule has 0 saturated heterocycles. The Labute approximate surface area is 194 Å². The largest absolute Gasteiger partial charge is 0.350 e. The molecule has 0 radical (unpaired) electrons. The molecule has 1 aliphatic heterocycles. The molecule has 0 bridgehead atoms. The summed E-state index contributed by atoms with van der Waals surface area (Å²) in [5.41, 5.74) is 1.36. The van der Waals surface area contributed by atoms with Crippen LogP contribution in [0, 0.1) is 0 Å². The number of para-hydroxylation sites is 2. The lowest BCUT2D eigenvalue weighted by atomic mass is 9.96. The average Bonchev–Trinajstić information content (AvgIpc) is 3.07. The summed E-state index contributed by atoms with van der Waals surface area (Å²) < 4.78 is 0. The van der Waals surface area contributed by atoms with Crippen molar-refractivity contribution in [1.82, 2.24) is 10.6 Å². The van der Waals surface area contributed by atoms with E-state index in [-0.39, 0.29) is 11.8 Å². The van der Waals surface area contributed by atoms with E-state index in [1.165, 1.54) is 11.9 Å². The second-order valence-corrected chi connectivity index (χ2v) is 7.58. The van der Waals surface area contributed by atoms with Gasteiger partial charge in [0.25, 0.3) is 5.91 Å². The zero-order valence-corrected chi connectivity index (χ0v) is 19.1. The van der Waals surface area contributed by atoms with Crippen molar-refractivity contribution in [3.8, 4) is 0 Å². The maximum atomic E-state index is 13.7. The zero-order valence-electron chi connectivity index (χ0n) is 19.1. The topological polar surface area (TPSA) is 85.8 Å². The molecule has 0 spiro atoms. The average molecular weight is 444 g/mol. The van der Waals surface area contributed by atoms with Crippen LogP contribution in [0.5, 0.6) is 0 Å². The second-order valence-electron chi connectivity index (χ2n) is 7.58. The summed E-state index contributed by atoms with van der Waals surface area (Å²) in [5, 5.41) is 14.9. The fourth-order valence-electron chi connectivity index (χ4n) is 3.51. The van der Waals surface area contributed by atoms with E-state index in [2.05, 4.69) is 21.1 Å². The smallest absolute Gasteiger partial charge is 0.300 e. The standard InChI is InChI=1S/C24H22N4O2.C2H7N/c1-18(29)25-24(26-20-13-7-3-8-14-20)22(17-19-11-5-2-6-12-19)27-28(23(24)30)21-15-9-4-10-16-21;1-3-2/h2-16,26H,17H2,1H3,(H,25,29);3H,1-2H3. The third-order valence-corrected chi connectivity index (χ3v) is 4.85. The van der Waals surface area contributed by atoms with Crippen LogP contribution in [0.4, 0.5) is 11.4 Å². The number of nitrogens with one attached hydrogen (secondary N) is 3. The number of anilines is 2. The Balaban J connectivity index is 0.000000968. The summed E-state index contributed by atoms with van der Waals surface area (Å²) in [6.45, 7) is 1.40. The highest BCUT2D eigenvalue weighted by Crippen LogP contribution is 2.29. The molecule has 7 heteroatoms. The van der Waals surface area contributed by atoms with Crippen LogP contribution in [-0.4, -0.2) is 37.3 Å². The number of hydrogen-bond acceptors (Lipinski definition) is 5. The minimum absolute atomic E-state index is 0.331. The third kappa shape index (κ3) is 5.64. The first-order valence-corrected chi connectivity index (χ1v) is 10.7. The molecule has 170 valence electrons.